The zero-order valence-corrected chi connectivity index (χ0v) is 11.2. The van der Waals surface area contributed by atoms with Crippen LogP contribution in [0.5, 0.6) is 0 Å². The highest BCUT2D eigenvalue weighted by Crippen LogP contribution is 2.27. The Balaban J connectivity index is 2.36. The molecule has 2 atom stereocenters. The van der Waals surface area contributed by atoms with Gasteiger partial charge >= 0.3 is 0 Å². The zero-order valence-electron chi connectivity index (χ0n) is 11.2. The number of aromatic nitrogens is 2. The van der Waals surface area contributed by atoms with E-state index >= 15 is 0 Å². The number of amides is 1. The van der Waals surface area contributed by atoms with Gasteiger partial charge in [0.2, 0.25) is 0 Å². The second-order valence-corrected chi connectivity index (χ2v) is 5.15. The van der Waals surface area contributed by atoms with Gasteiger partial charge in [0.25, 0.3) is 5.91 Å². The Labute approximate surface area is 107 Å². The van der Waals surface area contributed by atoms with Gasteiger partial charge in [-0.3, -0.25) is 9.48 Å². The lowest BCUT2D eigenvalue weighted by Gasteiger charge is -2.36. The van der Waals surface area contributed by atoms with Crippen molar-refractivity contribution in [3.8, 4) is 0 Å². The largest absolute Gasteiger partial charge is 0.365 e. The van der Waals surface area contributed by atoms with Crippen LogP contribution in [-0.4, -0.2) is 34.8 Å². The molecule has 1 saturated heterocycles. The molecule has 2 unspecified atom stereocenters. The van der Waals surface area contributed by atoms with Gasteiger partial charge in [-0.2, -0.15) is 5.10 Å². The molecule has 1 aromatic heterocycles. The van der Waals surface area contributed by atoms with Crippen LogP contribution in [0.4, 0.5) is 5.82 Å². The fourth-order valence-corrected chi connectivity index (χ4v) is 2.59. The van der Waals surface area contributed by atoms with Gasteiger partial charge in [-0.1, -0.05) is 6.92 Å². The summed E-state index contributed by atoms with van der Waals surface area (Å²) in [5, 5.41) is 4.28. The Kier molecular flexibility index (Phi) is 3.30. The molecule has 100 valence electrons. The molecule has 0 bridgehead atoms. The van der Waals surface area contributed by atoms with E-state index in [2.05, 4.69) is 16.9 Å². The van der Waals surface area contributed by atoms with Crippen molar-refractivity contribution in [2.75, 3.05) is 18.0 Å². The minimum Gasteiger partial charge on any atom is -0.365 e. The highest BCUT2D eigenvalue weighted by atomic mass is 16.1. The number of aryl methyl sites for hydroxylation is 2. The van der Waals surface area contributed by atoms with Crippen LogP contribution in [-0.2, 0) is 7.05 Å². The lowest BCUT2D eigenvalue weighted by molar-refractivity contribution is 0.1000. The van der Waals surface area contributed by atoms with Gasteiger partial charge < -0.3 is 16.4 Å². The van der Waals surface area contributed by atoms with Gasteiger partial charge in [0.1, 0.15) is 11.4 Å². The molecule has 1 aliphatic rings. The maximum Gasteiger partial charge on any atom is 0.254 e. The number of nitrogens with zero attached hydrogens (tertiary/aromatic N) is 3. The van der Waals surface area contributed by atoms with E-state index in [-0.39, 0.29) is 6.04 Å². The smallest absolute Gasteiger partial charge is 0.254 e. The summed E-state index contributed by atoms with van der Waals surface area (Å²) < 4.78 is 1.72. The lowest BCUT2D eigenvalue weighted by atomic mass is 9.94. The van der Waals surface area contributed by atoms with Crippen molar-refractivity contribution in [2.45, 2.75) is 26.3 Å². The normalized spacial score (nSPS) is 24.3. The molecule has 1 aliphatic heterocycles. The van der Waals surface area contributed by atoms with Crippen molar-refractivity contribution in [3.63, 3.8) is 0 Å². The molecule has 0 saturated carbocycles. The predicted molar refractivity (Wildman–Crippen MR) is 70.4 cm³/mol. The number of carbonyl (C=O) groups is 1. The Morgan fingerprint density at radius 2 is 2.17 bits per heavy atom. The van der Waals surface area contributed by atoms with E-state index in [0.717, 1.165) is 25.3 Å². The summed E-state index contributed by atoms with van der Waals surface area (Å²) in [5.74, 6) is 0.873. The van der Waals surface area contributed by atoms with E-state index < -0.39 is 5.91 Å². The molecule has 6 heteroatoms. The number of rotatable bonds is 2. The molecule has 0 radical (unpaired) electrons. The maximum atomic E-state index is 11.6. The lowest BCUT2D eigenvalue weighted by Crippen LogP contribution is -2.48. The second-order valence-electron chi connectivity index (χ2n) is 5.15. The van der Waals surface area contributed by atoms with Gasteiger partial charge in [0, 0.05) is 26.2 Å². The fourth-order valence-electron chi connectivity index (χ4n) is 2.59. The van der Waals surface area contributed by atoms with Gasteiger partial charge in [-0.15, -0.1) is 0 Å². The number of hydrogen-bond donors (Lipinski definition) is 2. The molecular weight excluding hydrogens is 230 g/mol. The molecular formula is C12H21N5O. The quantitative estimate of drug-likeness (QED) is 0.774. The van der Waals surface area contributed by atoms with Crippen LogP contribution in [0.3, 0.4) is 0 Å². The van der Waals surface area contributed by atoms with E-state index in [1.165, 1.54) is 0 Å². The first-order valence-electron chi connectivity index (χ1n) is 6.25. The first-order chi connectivity index (χ1) is 8.41. The van der Waals surface area contributed by atoms with Crippen molar-refractivity contribution in [1.29, 1.82) is 0 Å². The van der Waals surface area contributed by atoms with E-state index in [9.17, 15) is 4.79 Å². The molecule has 0 aliphatic carbocycles. The minimum absolute atomic E-state index is 0.120. The van der Waals surface area contributed by atoms with Crippen molar-refractivity contribution in [3.05, 3.63) is 11.3 Å². The summed E-state index contributed by atoms with van der Waals surface area (Å²) >= 11 is 0. The van der Waals surface area contributed by atoms with Crippen LogP contribution in [0, 0.1) is 12.8 Å². The SMILES string of the molecule is Cc1nn(C)c(N2CCC(C)C(N)C2)c1C(N)=O. The van der Waals surface area contributed by atoms with E-state index in [4.69, 9.17) is 11.5 Å². The highest BCUT2D eigenvalue weighted by Gasteiger charge is 2.29. The average molecular weight is 251 g/mol. The van der Waals surface area contributed by atoms with E-state index in [0.29, 0.717) is 17.2 Å². The Hall–Kier alpha value is -1.56. The Morgan fingerprint density at radius 1 is 1.50 bits per heavy atom. The average Bonchev–Trinajstić information content (AvgIpc) is 2.57. The molecule has 6 nitrogen and oxygen atoms in total. The molecule has 1 amide bonds. The fraction of sp³-hybridized carbons (Fsp3) is 0.667. The van der Waals surface area contributed by atoms with Crippen LogP contribution in [0.1, 0.15) is 29.4 Å². The number of primary amides is 1. The topological polar surface area (TPSA) is 90.2 Å². The second kappa shape index (κ2) is 4.61. The standard InChI is InChI=1S/C12H21N5O/c1-7-4-5-17(6-9(7)13)12-10(11(14)18)8(2)15-16(12)3/h7,9H,4-6,13H2,1-3H3,(H2,14,18). The maximum absolute atomic E-state index is 11.6. The molecule has 4 N–H and O–H groups in total. The zero-order chi connectivity index (χ0) is 13.4. The van der Waals surface area contributed by atoms with Gasteiger partial charge in [-0.25, -0.2) is 0 Å². The summed E-state index contributed by atoms with van der Waals surface area (Å²) in [6.45, 7) is 5.58. The van der Waals surface area contributed by atoms with Crippen molar-refractivity contribution in [2.24, 2.45) is 24.4 Å². The summed E-state index contributed by atoms with van der Waals surface area (Å²) in [6, 6.07) is 0.120. The summed E-state index contributed by atoms with van der Waals surface area (Å²) in [7, 11) is 1.83. The first-order valence-corrected chi connectivity index (χ1v) is 6.25. The van der Waals surface area contributed by atoms with Gasteiger partial charge in [0.05, 0.1) is 5.69 Å². The summed E-state index contributed by atoms with van der Waals surface area (Å²) in [6.07, 6.45) is 1.02. The molecule has 1 aromatic rings. The molecule has 18 heavy (non-hydrogen) atoms. The predicted octanol–water partition coefficient (Wildman–Crippen LogP) is 0.000920. The molecule has 1 fully saturated rings. The van der Waals surface area contributed by atoms with Crippen LogP contribution in [0.15, 0.2) is 0 Å². The Bertz CT molecular complexity index is 467. The number of hydrogen-bond acceptors (Lipinski definition) is 4. The molecule has 2 rings (SSSR count). The van der Waals surface area contributed by atoms with Crippen LogP contribution >= 0.6 is 0 Å². The van der Waals surface area contributed by atoms with E-state index in [1.54, 1.807) is 11.6 Å². The Morgan fingerprint density at radius 3 is 2.72 bits per heavy atom. The van der Waals surface area contributed by atoms with Crippen molar-refractivity contribution >= 4 is 11.7 Å². The van der Waals surface area contributed by atoms with Crippen LogP contribution in [0.2, 0.25) is 0 Å². The van der Waals surface area contributed by atoms with Crippen LogP contribution < -0.4 is 16.4 Å². The highest BCUT2D eigenvalue weighted by molar-refractivity contribution is 5.99. The minimum atomic E-state index is -0.428. The number of piperidine rings is 1. The number of carbonyl (C=O) groups excluding carboxylic acids is 1. The first kappa shape index (κ1) is 12.9. The third kappa shape index (κ3) is 2.08. The third-order valence-corrected chi connectivity index (χ3v) is 3.75. The summed E-state index contributed by atoms with van der Waals surface area (Å²) in [4.78, 5) is 13.7. The summed E-state index contributed by atoms with van der Waals surface area (Å²) in [5.41, 5.74) is 12.7. The van der Waals surface area contributed by atoms with Crippen LogP contribution in [0.25, 0.3) is 0 Å². The monoisotopic (exact) mass is 251 g/mol. The molecule has 2 heterocycles. The van der Waals surface area contributed by atoms with Crippen molar-refractivity contribution < 1.29 is 4.79 Å². The number of nitrogens with two attached hydrogens (primary N) is 2. The molecule has 0 aromatic carbocycles. The van der Waals surface area contributed by atoms with E-state index in [1.807, 2.05) is 7.05 Å². The number of anilines is 1. The third-order valence-electron chi connectivity index (χ3n) is 3.75. The molecule has 0 spiro atoms. The van der Waals surface area contributed by atoms with Gasteiger partial charge in [0.15, 0.2) is 0 Å². The van der Waals surface area contributed by atoms with Crippen molar-refractivity contribution in [1.82, 2.24) is 9.78 Å². The van der Waals surface area contributed by atoms with Gasteiger partial charge in [-0.05, 0) is 19.3 Å².